The summed E-state index contributed by atoms with van der Waals surface area (Å²) >= 11 is 0. The highest BCUT2D eigenvalue weighted by Crippen LogP contribution is 2.16. The first-order chi connectivity index (χ1) is 15.8. The molecule has 0 aliphatic carbocycles. The van der Waals surface area contributed by atoms with E-state index in [9.17, 15) is 4.79 Å². The second kappa shape index (κ2) is 10.7. The summed E-state index contributed by atoms with van der Waals surface area (Å²) in [5.41, 5.74) is 2.77. The van der Waals surface area contributed by atoms with Crippen molar-refractivity contribution in [3.05, 3.63) is 115 Å². The lowest BCUT2D eigenvalue weighted by Gasteiger charge is -2.18. The lowest BCUT2D eigenvalue weighted by molar-refractivity contribution is -0.117. The highest BCUT2D eigenvalue weighted by Gasteiger charge is 2.14. The molecule has 2 aromatic heterocycles. The summed E-state index contributed by atoms with van der Waals surface area (Å²) < 4.78 is 7.44. The maximum Gasteiger partial charge on any atom is 0.244 e. The normalized spacial score (nSPS) is 11.9. The van der Waals surface area contributed by atoms with Gasteiger partial charge in [0.2, 0.25) is 5.91 Å². The molecule has 0 saturated heterocycles. The van der Waals surface area contributed by atoms with E-state index in [2.05, 4.69) is 20.4 Å². The van der Waals surface area contributed by atoms with Gasteiger partial charge in [0.15, 0.2) is 0 Å². The molecule has 1 unspecified atom stereocenters. The monoisotopic (exact) mass is 425 g/mol. The number of carbonyl (C=O) groups excluding carboxylic acids is 1. The molecule has 0 spiro atoms. The molecule has 0 bridgehead atoms. The van der Waals surface area contributed by atoms with Gasteiger partial charge in [0, 0.05) is 12.3 Å². The molecule has 32 heavy (non-hydrogen) atoms. The Balaban J connectivity index is 1.35. The molecule has 2 aromatic carbocycles. The quantitative estimate of drug-likeness (QED) is 0.412. The van der Waals surface area contributed by atoms with Gasteiger partial charge in [-0.3, -0.25) is 14.5 Å². The molecule has 7 nitrogen and oxygen atoms in total. The number of amides is 1. The van der Waals surface area contributed by atoms with Crippen molar-refractivity contribution < 1.29 is 9.53 Å². The Hall–Kier alpha value is -4.26. The van der Waals surface area contributed by atoms with E-state index in [1.165, 1.54) is 12.4 Å². The van der Waals surface area contributed by atoms with Crippen LogP contribution >= 0.6 is 0 Å². The smallest absolute Gasteiger partial charge is 0.244 e. The number of nitrogens with one attached hydrogen (secondary N) is 1. The number of hydrogen-bond donors (Lipinski definition) is 1. The third kappa shape index (κ3) is 6.12. The molecule has 1 atom stereocenters. The lowest BCUT2D eigenvalue weighted by atomic mass is 10.1. The molecule has 160 valence electrons. The summed E-state index contributed by atoms with van der Waals surface area (Å²) in [6.45, 7) is 0.900. The van der Waals surface area contributed by atoms with Crippen molar-refractivity contribution in [2.24, 2.45) is 0 Å². The first-order valence-corrected chi connectivity index (χ1v) is 10.2. The first kappa shape index (κ1) is 21.0. The molecule has 0 saturated carbocycles. The van der Waals surface area contributed by atoms with Crippen molar-refractivity contribution in [3.8, 4) is 5.75 Å². The number of benzene rings is 2. The van der Waals surface area contributed by atoms with Crippen LogP contribution in [0.3, 0.4) is 0 Å². The number of pyridine rings is 1. The fourth-order valence-corrected chi connectivity index (χ4v) is 3.14. The van der Waals surface area contributed by atoms with Crippen LogP contribution in [-0.4, -0.2) is 25.7 Å². The van der Waals surface area contributed by atoms with Crippen LogP contribution in [0.15, 0.2) is 97.7 Å². The standard InChI is InChI=1S/C25H23N5O2/c31-25(29-24(16-30-19-26-18-28-30)21-6-2-1-3-7-21)14-11-20-9-12-23(13-10-20)32-17-22-8-4-5-15-27-22/h1-15,18-19,24H,16-17H2,(H,29,31)/b14-11+. The lowest BCUT2D eigenvalue weighted by Crippen LogP contribution is -2.30. The molecule has 7 heteroatoms. The van der Waals surface area contributed by atoms with Crippen molar-refractivity contribution >= 4 is 12.0 Å². The summed E-state index contributed by atoms with van der Waals surface area (Å²) in [5, 5.41) is 7.19. The van der Waals surface area contributed by atoms with Crippen LogP contribution in [0.4, 0.5) is 0 Å². The SMILES string of the molecule is O=C(/C=C/c1ccc(OCc2ccccn2)cc1)NC(Cn1cncn1)c1ccccc1. The summed E-state index contributed by atoms with van der Waals surface area (Å²) in [5.74, 6) is 0.559. The summed E-state index contributed by atoms with van der Waals surface area (Å²) in [4.78, 5) is 20.8. The molecular formula is C25H23N5O2. The van der Waals surface area contributed by atoms with Crippen molar-refractivity contribution in [3.63, 3.8) is 0 Å². The summed E-state index contributed by atoms with van der Waals surface area (Å²) in [6, 6.07) is 22.9. The van der Waals surface area contributed by atoms with Crippen LogP contribution in [0.5, 0.6) is 5.75 Å². The van der Waals surface area contributed by atoms with Crippen molar-refractivity contribution in [1.82, 2.24) is 25.1 Å². The first-order valence-electron chi connectivity index (χ1n) is 10.2. The van der Waals surface area contributed by atoms with E-state index >= 15 is 0 Å². The summed E-state index contributed by atoms with van der Waals surface area (Å²) in [6.07, 6.45) is 8.16. The van der Waals surface area contributed by atoms with Gasteiger partial charge in [0.05, 0.1) is 18.3 Å². The van der Waals surface area contributed by atoms with Crippen LogP contribution in [-0.2, 0) is 17.9 Å². The maximum atomic E-state index is 12.6. The second-order valence-corrected chi connectivity index (χ2v) is 7.10. The van der Waals surface area contributed by atoms with E-state index in [4.69, 9.17) is 4.74 Å². The van der Waals surface area contributed by atoms with Gasteiger partial charge in [-0.05, 0) is 41.5 Å². The zero-order valence-corrected chi connectivity index (χ0v) is 17.4. The van der Waals surface area contributed by atoms with Gasteiger partial charge in [-0.2, -0.15) is 5.10 Å². The average molecular weight is 425 g/mol. The Bertz CT molecular complexity index is 1130. The Morgan fingerprint density at radius 1 is 1.03 bits per heavy atom. The van der Waals surface area contributed by atoms with Gasteiger partial charge in [-0.15, -0.1) is 0 Å². The van der Waals surface area contributed by atoms with Gasteiger partial charge in [-0.25, -0.2) is 4.98 Å². The van der Waals surface area contributed by atoms with Crippen LogP contribution in [0.25, 0.3) is 6.08 Å². The van der Waals surface area contributed by atoms with E-state index in [1.807, 2.05) is 72.8 Å². The number of nitrogens with zero attached hydrogens (tertiary/aromatic N) is 4. The van der Waals surface area contributed by atoms with E-state index < -0.39 is 0 Å². The number of rotatable bonds is 9. The molecule has 0 radical (unpaired) electrons. The third-order valence-electron chi connectivity index (χ3n) is 4.77. The Kier molecular flexibility index (Phi) is 7.00. The van der Waals surface area contributed by atoms with Crippen LogP contribution in [0, 0.1) is 0 Å². The summed E-state index contributed by atoms with van der Waals surface area (Å²) in [7, 11) is 0. The molecule has 2 heterocycles. The minimum Gasteiger partial charge on any atom is -0.487 e. The molecule has 0 aliphatic heterocycles. The van der Waals surface area contributed by atoms with E-state index in [1.54, 1.807) is 23.3 Å². The van der Waals surface area contributed by atoms with Gasteiger partial charge in [-0.1, -0.05) is 48.5 Å². The largest absolute Gasteiger partial charge is 0.487 e. The highest BCUT2D eigenvalue weighted by molar-refractivity contribution is 5.92. The van der Waals surface area contributed by atoms with Crippen molar-refractivity contribution in [2.75, 3.05) is 0 Å². The van der Waals surface area contributed by atoms with Crippen molar-refractivity contribution in [1.29, 1.82) is 0 Å². The molecule has 1 N–H and O–H groups in total. The topological polar surface area (TPSA) is 81.9 Å². The fourth-order valence-electron chi connectivity index (χ4n) is 3.14. The van der Waals surface area contributed by atoms with Crippen LogP contribution in [0.2, 0.25) is 0 Å². The zero-order valence-electron chi connectivity index (χ0n) is 17.4. The predicted molar refractivity (Wildman–Crippen MR) is 121 cm³/mol. The Morgan fingerprint density at radius 3 is 2.56 bits per heavy atom. The van der Waals surface area contributed by atoms with Crippen LogP contribution in [0.1, 0.15) is 22.9 Å². The maximum absolute atomic E-state index is 12.6. The number of aromatic nitrogens is 4. The molecule has 0 fully saturated rings. The Labute approximate surface area is 186 Å². The molecule has 0 aliphatic rings. The highest BCUT2D eigenvalue weighted by atomic mass is 16.5. The fraction of sp³-hybridized carbons (Fsp3) is 0.120. The third-order valence-corrected chi connectivity index (χ3v) is 4.77. The van der Waals surface area contributed by atoms with Gasteiger partial charge < -0.3 is 10.1 Å². The van der Waals surface area contributed by atoms with E-state index in [-0.39, 0.29) is 11.9 Å². The zero-order chi connectivity index (χ0) is 22.0. The van der Waals surface area contributed by atoms with Gasteiger partial charge in [0.1, 0.15) is 25.0 Å². The molecule has 4 rings (SSSR count). The minimum atomic E-state index is -0.225. The minimum absolute atomic E-state index is 0.186. The predicted octanol–water partition coefficient (Wildman–Crippen LogP) is 3.82. The number of carbonyl (C=O) groups is 1. The molecule has 1 amide bonds. The number of hydrogen-bond acceptors (Lipinski definition) is 5. The molecule has 4 aromatic rings. The van der Waals surface area contributed by atoms with Gasteiger partial charge >= 0.3 is 0 Å². The van der Waals surface area contributed by atoms with Gasteiger partial charge in [0.25, 0.3) is 0 Å². The van der Waals surface area contributed by atoms with Crippen molar-refractivity contribution in [2.45, 2.75) is 19.2 Å². The van der Waals surface area contributed by atoms with E-state index in [0.29, 0.717) is 13.2 Å². The second-order valence-electron chi connectivity index (χ2n) is 7.10. The average Bonchev–Trinajstić information content (AvgIpc) is 3.36. The number of ether oxygens (including phenoxy) is 1. The van der Waals surface area contributed by atoms with E-state index in [0.717, 1.165) is 22.6 Å². The molecular weight excluding hydrogens is 402 g/mol. The van der Waals surface area contributed by atoms with Crippen LogP contribution < -0.4 is 10.1 Å². The Morgan fingerprint density at radius 2 is 1.84 bits per heavy atom.